The number of oxime groups is 1. The molecule has 2 bridgehead atoms. The van der Waals surface area contributed by atoms with Gasteiger partial charge in [-0.2, -0.15) is 0 Å². The molecule has 3 heteroatoms. The highest BCUT2D eigenvalue weighted by atomic mass is 16.6. The molecule has 0 radical (unpaired) electrons. The minimum atomic E-state index is 0.661. The summed E-state index contributed by atoms with van der Waals surface area (Å²) >= 11 is 0. The average Bonchev–Trinajstić information content (AvgIpc) is 2.30. The quantitative estimate of drug-likeness (QED) is 0.562. The molecule has 2 fully saturated rings. The van der Waals surface area contributed by atoms with E-state index in [2.05, 4.69) is 10.5 Å². The van der Waals surface area contributed by atoms with Gasteiger partial charge in [-0.25, -0.2) is 0 Å². The van der Waals surface area contributed by atoms with E-state index in [9.17, 15) is 0 Å². The van der Waals surface area contributed by atoms with Crippen molar-refractivity contribution >= 4 is 5.71 Å². The van der Waals surface area contributed by atoms with E-state index in [0.29, 0.717) is 11.8 Å². The Bertz CT molecular complexity index is 161. The molecule has 62 valence electrons. The second-order valence-corrected chi connectivity index (χ2v) is 3.33. The molecule has 2 rings (SSSR count). The van der Waals surface area contributed by atoms with E-state index in [1.165, 1.54) is 18.6 Å². The van der Waals surface area contributed by atoms with Crippen LogP contribution in [0.25, 0.3) is 0 Å². The molecule has 0 aromatic carbocycles. The van der Waals surface area contributed by atoms with E-state index < -0.39 is 0 Å². The Morgan fingerprint density at radius 3 is 2.55 bits per heavy atom. The zero-order valence-corrected chi connectivity index (χ0v) is 6.84. The number of nitrogens with zero attached hydrogens (tertiary/aromatic N) is 1. The summed E-state index contributed by atoms with van der Waals surface area (Å²) in [5.41, 5.74) is 1.30. The number of fused-ring (bicyclic) bond motifs is 2. The summed E-state index contributed by atoms with van der Waals surface area (Å²) in [7, 11) is 1.63. The summed E-state index contributed by atoms with van der Waals surface area (Å²) < 4.78 is 0. The van der Waals surface area contributed by atoms with Crippen LogP contribution in [0.15, 0.2) is 5.16 Å². The van der Waals surface area contributed by atoms with Crippen molar-refractivity contribution in [3.8, 4) is 0 Å². The molecule has 1 heterocycles. The van der Waals surface area contributed by atoms with Crippen molar-refractivity contribution in [2.75, 3.05) is 20.2 Å². The molecule has 2 atom stereocenters. The van der Waals surface area contributed by atoms with E-state index in [1.807, 2.05) is 0 Å². The lowest BCUT2D eigenvalue weighted by molar-refractivity contribution is 0.208. The number of piperidine rings is 1. The Hall–Kier alpha value is -0.570. The number of hydrogen-bond donors (Lipinski definition) is 1. The first kappa shape index (κ1) is 7.10. The van der Waals surface area contributed by atoms with E-state index in [4.69, 9.17) is 4.84 Å². The highest BCUT2D eigenvalue weighted by molar-refractivity contribution is 5.91. The van der Waals surface area contributed by atoms with Crippen LogP contribution in [0, 0.1) is 11.8 Å². The second-order valence-electron chi connectivity index (χ2n) is 3.33. The molecule has 2 unspecified atom stereocenters. The van der Waals surface area contributed by atoms with Gasteiger partial charge in [0.1, 0.15) is 7.11 Å². The first-order valence-corrected chi connectivity index (χ1v) is 4.23. The van der Waals surface area contributed by atoms with Gasteiger partial charge in [-0.15, -0.1) is 0 Å². The van der Waals surface area contributed by atoms with Crippen LogP contribution in [0.5, 0.6) is 0 Å². The fourth-order valence-electron chi connectivity index (χ4n) is 2.13. The third kappa shape index (κ3) is 1.13. The van der Waals surface area contributed by atoms with Crippen LogP contribution in [0.1, 0.15) is 12.8 Å². The summed E-state index contributed by atoms with van der Waals surface area (Å²) in [6.45, 7) is 2.19. The molecular weight excluding hydrogens is 140 g/mol. The van der Waals surface area contributed by atoms with Crippen molar-refractivity contribution in [1.82, 2.24) is 5.32 Å². The Labute approximate surface area is 66.8 Å². The summed E-state index contributed by atoms with van der Waals surface area (Å²) in [6.07, 6.45) is 2.58. The first-order valence-electron chi connectivity index (χ1n) is 4.23. The molecule has 0 spiro atoms. The minimum Gasteiger partial charge on any atom is -0.399 e. The van der Waals surface area contributed by atoms with Crippen molar-refractivity contribution in [3.05, 3.63) is 0 Å². The molecule has 2 aliphatic rings. The Morgan fingerprint density at radius 2 is 2.00 bits per heavy atom. The topological polar surface area (TPSA) is 33.6 Å². The Morgan fingerprint density at radius 1 is 1.36 bits per heavy atom. The van der Waals surface area contributed by atoms with Crippen molar-refractivity contribution < 1.29 is 4.84 Å². The largest absolute Gasteiger partial charge is 0.399 e. The Kier molecular flexibility index (Phi) is 1.82. The van der Waals surface area contributed by atoms with Gasteiger partial charge >= 0.3 is 0 Å². The van der Waals surface area contributed by atoms with Crippen LogP contribution in [0.2, 0.25) is 0 Å². The fourth-order valence-corrected chi connectivity index (χ4v) is 2.13. The maximum Gasteiger partial charge on any atom is 0.106 e. The maximum atomic E-state index is 4.82. The smallest absolute Gasteiger partial charge is 0.106 e. The fraction of sp³-hybridized carbons (Fsp3) is 0.875. The number of hydrogen-bond acceptors (Lipinski definition) is 3. The van der Waals surface area contributed by atoms with Crippen LogP contribution in [0.4, 0.5) is 0 Å². The van der Waals surface area contributed by atoms with Gasteiger partial charge in [0.25, 0.3) is 0 Å². The lowest BCUT2D eigenvalue weighted by Crippen LogP contribution is -2.38. The van der Waals surface area contributed by atoms with Gasteiger partial charge in [0.2, 0.25) is 0 Å². The highest BCUT2D eigenvalue weighted by Gasteiger charge is 2.35. The minimum absolute atomic E-state index is 0.661. The predicted octanol–water partition coefficient (Wildman–Crippen LogP) is 0.618. The van der Waals surface area contributed by atoms with Gasteiger partial charge in [0.15, 0.2) is 0 Å². The van der Waals surface area contributed by atoms with E-state index >= 15 is 0 Å². The predicted molar refractivity (Wildman–Crippen MR) is 43.5 cm³/mol. The summed E-state index contributed by atoms with van der Waals surface area (Å²) in [5.74, 6) is 1.32. The zero-order valence-electron chi connectivity index (χ0n) is 6.84. The summed E-state index contributed by atoms with van der Waals surface area (Å²) in [5, 5.41) is 7.48. The molecule has 0 aromatic rings. The summed E-state index contributed by atoms with van der Waals surface area (Å²) in [4.78, 5) is 4.82. The van der Waals surface area contributed by atoms with Crippen molar-refractivity contribution in [2.24, 2.45) is 17.0 Å². The van der Waals surface area contributed by atoms with Gasteiger partial charge in [-0.1, -0.05) is 5.16 Å². The lowest BCUT2D eigenvalue weighted by Gasteiger charge is -2.21. The Balaban J connectivity index is 2.15. The van der Waals surface area contributed by atoms with Crippen LogP contribution < -0.4 is 5.32 Å². The lowest BCUT2D eigenvalue weighted by atomic mass is 9.98. The molecule has 1 aliphatic heterocycles. The van der Waals surface area contributed by atoms with Crippen LogP contribution in [0.3, 0.4) is 0 Å². The van der Waals surface area contributed by atoms with Gasteiger partial charge < -0.3 is 10.2 Å². The van der Waals surface area contributed by atoms with Crippen molar-refractivity contribution in [2.45, 2.75) is 12.8 Å². The third-order valence-electron chi connectivity index (χ3n) is 2.68. The average molecular weight is 154 g/mol. The second kappa shape index (κ2) is 2.81. The van der Waals surface area contributed by atoms with E-state index in [-0.39, 0.29) is 0 Å². The van der Waals surface area contributed by atoms with Crippen LogP contribution in [-0.4, -0.2) is 25.9 Å². The highest BCUT2D eigenvalue weighted by Crippen LogP contribution is 2.30. The zero-order chi connectivity index (χ0) is 7.68. The van der Waals surface area contributed by atoms with Gasteiger partial charge in [-0.3, -0.25) is 0 Å². The van der Waals surface area contributed by atoms with Crippen LogP contribution in [-0.2, 0) is 4.84 Å². The molecule has 0 aromatic heterocycles. The van der Waals surface area contributed by atoms with Gasteiger partial charge in [0.05, 0.1) is 5.71 Å². The van der Waals surface area contributed by atoms with Crippen LogP contribution >= 0.6 is 0 Å². The monoisotopic (exact) mass is 154 g/mol. The van der Waals surface area contributed by atoms with E-state index in [1.54, 1.807) is 7.11 Å². The molecular formula is C8H14N2O. The molecule has 11 heavy (non-hydrogen) atoms. The molecule has 1 saturated carbocycles. The van der Waals surface area contributed by atoms with E-state index in [0.717, 1.165) is 13.1 Å². The molecule has 1 N–H and O–H groups in total. The SMILES string of the molecule is CON=C1C2CCC1CNC2. The number of nitrogens with one attached hydrogen (secondary N) is 1. The third-order valence-corrected chi connectivity index (χ3v) is 2.68. The maximum absolute atomic E-state index is 4.82. The standard InChI is InChI=1S/C8H14N2O/c1-11-10-8-6-2-3-7(8)5-9-4-6/h6-7,9H,2-5H2,1H3. The number of rotatable bonds is 1. The van der Waals surface area contributed by atoms with Gasteiger partial charge in [-0.05, 0) is 12.8 Å². The normalized spacial score (nSPS) is 35.5. The molecule has 3 nitrogen and oxygen atoms in total. The first-order chi connectivity index (χ1) is 5.42. The van der Waals surface area contributed by atoms with Crippen molar-refractivity contribution in [1.29, 1.82) is 0 Å². The summed E-state index contributed by atoms with van der Waals surface area (Å²) in [6, 6.07) is 0. The van der Waals surface area contributed by atoms with Crippen molar-refractivity contribution in [3.63, 3.8) is 0 Å². The molecule has 1 saturated heterocycles. The molecule has 1 aliphatic carbocycles. The van der Waals surface area contributed by atoms with Gasteiger partial charge in [0, 0.05) is 24.9 Å². The molecule has 0 amide bonds.